The van der Waals surface area contributed by atoms with E-state index in [1.807, 2.05) is 20.8 Å². The van der Waals surface area contributed by atoms with E-state index in [1.54, 1.807) is 13.8 Å². The summed E-state index contributed by atoms with van der Waals surface area (Å²) >= 11 is 6.12. The summed E-state index contributed by atoms with van der Waals surface area (Å²) in [7, 11) is 0. The van der Waals surface area contributed by atoms with Crippen LogP contribution in [-0.4, -0.2) is 22.5 Å². The van der Waals surface area contributed by atoms with Crippen LogP contribution in [0.5, 0.6) is 0 Å². The Balaban J connectivity index is 3.00. The molecule has 0 radical (unpaired) electrons. The van der Waals surface area contributed by atoms with E-state index in [2.05, 4.69) is 9.97 Å². The number of ether oxygens (including phenoxy) is 1. The van der Waals surface area contributed by atoms with Crippen molar-refractivity contribution < 1.29 is 9.53 Å². The highest BCUT2D eigenvalue weighted by atomic mass is 35.5. The Morgan fingerprint density at radius 1 is 1.33 bits per heavy atom. The first kappa shape index (κ1) is 14.9. The van der Waals surface area contributed by atoms with E-state index in [-0.39, 0.29) is 5.97 Å². The molecule has 0 aliphatic rings. The smallest absolute Gasteiger partial charge is 0.311 e. The minimum atomic E-state index is -0.636. The number of carbonyl (C=O) groups excluding carboxylic acids is 1. The first-order valence-corrected chi connectivity index (χ1v) is 6.32. The van der Waals surface area contributed by atoms with E-state index in [1.165, 1.54) is 0 Å². The van der Waals surface area contributed by atoms with Crippen molar-refractivity contribution in [3.63, 3.8) is 0 Å². The summed E-state index contributed by atoms with van der Waals surface area (Å²) in [5.74, 6) is 0.399. The van der Waals surface area contributed by atoms with Crippen LogP contribution in [-0.2, 0) is 16.0 Å². The van der Waals surface area contributed by atoms with E-state index in [0.29, 0.717) is 24.0 Å². The second-order valence-electron chi connectivity index (χ2n) is 4.91. The van der Waals surface area contributed by atoms with Gasteiger partial charge in [-0.25, -0.2) is 9.97 Å². The van der Waals surface area contributed by atoms with Gasteiger partial charge in [0, 0.05) is 11.3 Å². The van der Waals surface area contributed by atoms with Crippen LogP contribution in [0.4, 0.5) is 0 Å². The molecule has 0 N–H and O–H groups in total. The Labute approximate surface area is 113 Å². The highest BCUT2D eigenvalue weighted by molar-refractivity contribution is 6.30. The van der Waals surface area contributed by atoms with Gasteiger partial charge in [0.15, 0.2) is 0 Å². The number of halogens is 1. The van der Waals surface area contributed by atoms with E-state index < -0.39 is 5.41 Å². The van der Waals surface area contributed by atoms with Crippen LogP contribution in [0.2, 0.25) is 5.15 Å². The third-order valence-electron chi connectivity index (χ3n) is 2.72. The molecule has 18 heavy (non-hydrogen) atoms. The van der Waals surface area contributed by atoms with Gasteiger partial charge in [0.1, 0.15) is 11.0 Å². The summed E-state index contributed by atoms with van der Waals surface area (Å²) in [6.07, 6.45) is 0.469. The lowest BCUT2D eigenvalue weighted by Crippen LogP contribution is -2.29. The molecule has 1 aromatic heterocycles. The number of aromatic nitrogens is 2. The molecule has 0 atom stereocenters. The zero-order chi connectivity index (χ0) is 13.9. The fraction of sp³-hybridized carbons (Fsp3) is 0.615. The second-order valence-corrected chi connectivity index (χ2v) is 5.26. The van der Waals surface area contributed by atoms with Gasteiger partial charge >= 0.3 is 5.97 Å². The number of esters is 1. The number of carbonyl (C=O) groups is 1. The van der Waals surface area contributed by atoms with Gasteiger partial charge in [0.25, 0.3) is 0 Å². The predicted molar refractivity (Wildman–Crippen MR) is 70.6 cm³/mol. The molecule has 0 spiro atoms. The Bertz CT molecular complexity index is 435. The van der Waals surface area contributed by atoms with Gasteiger partial charge in [-0.2, -0.15) is 0 Å². The monoisotopic (exact) mass is 270 g/mol. The molecule has 0 unspecified atom stereocenters. The Kier molecular flexibility index (Phi) is 4.68. The maximum Gasteiger partial charge on any atom is 0.311 e. The van der Waals surface area contributed by atoms with Gasteiger partial charge in [-0.15, -0.1) is 0 Å². The number of nitrogens with zero attached hydrogens (tertiary/aromatic N) is 2. The predicted octanol–water partition coefficient (Wildman–Crippen LogP) is 2.88. The van der Waals surface area contributed by atoms with Crippen molar-refractivity contribution in [3.05, 3.63) is 22.2 Å². The summed E-state index contributed by atoms with van der Waals surface area (Å²) in [4.78, 5) is 20.3. The van der Waals surface area contributed by atoms with Gasteiger partial charge in [0.2, 0.25) is 0 Å². The molecule has 1 heterocycles. The molecule has 0 aliphatic carbocycles. The van der Waals surface area contributed by atoms with Crippen LogP contribution in [0.3, 0.4) is 0 Å². The first-order valence-electron chi connectivity index (χ1n) is 5.94. The van der Waals surface area contributed by atoms with Crippen LogP contribution in [0.25, 0.3) is 0 Å². The van der Waals surface area contributed by atoms with Crippen molar-refractivity contribution in [2.24, 2.45) is 5.41 Å². The van der Waals surface area contributed by atoms with Gasteiger partial charge < -0.3 is 4.74 Å². The molecular weight excluding hydrogens is 252 g/mol. The molecule has 100 valence electrons. The molecule has 4 nitrogen and oxygen atoms in total. The van der Waals surface area contributed by atoms with E-state index in [4.69, 9.17) is 16.3 Å². The Hall–Kier alpha value is -1.16. The molecule has 0 aromatic carbocycles. The molecule has 0 aliphatic heterocycles. The van der Waals surface area contributed by atoms with E-state index in [9.17, 15) is 4.79 Å². The lowest BCUT2D eigenvalue weighted by atomic mass is 9.86. The quantitative estimate of drug-likeness (QED) is 0.624. The van der Waals surface area contributed by atoms with Crippen molar-refractivity contribution in [1.82, 2.24) is 9.97 Å². The van der Waals surface area contributed by atoms with Crippen LogP contribution in [0.1, 0.15) is 37.9 Å². The molecule has 1 aromatic rings. The maximum absolute atomic E-state index is 11.9. The number of rotatable bonds is 4. The zero-order valence-corrected chi connectivity index (χ0v) is 12.3. The van der Waals surface area contributed by atoms with Gasteiger partial charge in [-0.1, -0.05) is 11.6 Å². The zero-order valence-electron chi connectivity index (χ0n) is 11.5. The number of aryl methyl sites for hydroxylation is 2. The SMILES string of the molecule is CCOC(=O)C(C)(C)Cc1c(C)nc(C)nc1Cl. The maximum atomic E-state index is 11.9. The molecule has 0 fully saturated rings. The van der Waals surface area contributed by atoms with Crippen molar-refractivity contribution in [2.75, 3.05) is 6.61 Å². The molecule has 0 amide bonds. The van der Waals surface area contributed by atoms with Gasteiger partial charge in [0.05, 0.1) is 12.0 Å². The fourth-order valence-corrected chi connectivity index (χ4v) is 2.06. The number of hydrogen-bond acceptors (Lipinski definition) is 4. The molecule has 1 rings (SSSR count). The minimum Gasteiger partial charge on any atom is -0.466 e. The third kappa shape index (κ3) is 3.42. The van der Waals surface area contributed by atoms with Crippen LogP contribution in [0, 0.1) is 19.3 Å². The van der Waals surface area contributed by atoms with Crippen molar-refractivity contribution in [3.8, 4) is 0 Å². The lowest BCUT2D eigenvalue weighted by molar-refractivity contribution is -0.153. The van der Waals surface area contributed by atoms with Crippen LogP contribution in [0.15, 0.2) is 0 Å². The standard InChI is InChI=1S/C13H19ClN2O2/c1-6-18-12(17)13(4,5)7-10-8(2)15-9(3)16-11(10)14/h6-7H2,1-5H3. The van der Waals surface area contributed by atoms with E-state index >= 15 is 0 Å². The summed E-state index contributed by atoms with van der Waals surface area (Å²) in [6.45, 7) is 9.50. The lowest BCUT2D eigenvalue weighted by Gasteiger charge is -2.23. The van der Waals surface area contributed by atoms with Crippen molar-refractivity contribution >= 4 is 17.6 Å². The van der Waals surface area contributed by atoms with Crippen molar-refractivity contribution in [2.45, 2.75) is 41.0 Å². The average Bonchev–Trinajstić information content (AvgIpc) is 2.23. The third-order valence-corrected chi connectivity index (χ3v) is 3.03. The highest BCUT2D eigenvalue weighted by Crippen LogP contribution is 2.28. The fourth-order valence-electron chi connectivity index (χ4n) is 1.74. The summed E-state index contributed by atoms with van der Waals surface area (Å²) in [5, 5.41) is 0.414. The normalized spacial score (nSPS) is 11.4. The first-order chi connectivity index (χ1) is 8.27. The summed E-state index contributed by atoms with van der Waals surface area (Å²) in [6, 6.07) is 0. The molecule has 0 saturated heterocycles. The minimum absolute atomic E-state index is 0.235. The van der Waals surface area contributed by atoms with Crippen molar-refractivity contribution in [1.29, 1.82) is 0 Å². The Morgan fingerprint density at radius 2 is 1.94 bits per heavy atom. The van der Waals surface area contributed by atoms with E-state index in [0.717, 1.165) is 11.3 Å². The molecular formula is C13H19ClN2O2. The van der Waals surface area contributed by atoms with Crippen LogP contribution < -0.4 is 0 Å². The number of hydrogen-bond donors (Lipinski definition) is 0. The summed E-state index contributed by atoms with van der Waals surface area (Å²) < 4.78 is 5.06. The largest absolute Gasteiger partial charge is 0.466 e. The molecule has 5 heteroatoms. The summed E-state index contributed by atoms with van der Waals surface area (Å²) in [5.41, 5.74) is 0.980. The van der Waals surface area contributed by atoms with Gasteiger partial charge in [-0.3, -0.25) is 4.79 Å². The van der Waals surface area contributed by atoms with Crippen LogP contribution >= 0.6 is 11.6 Å². The highest BCUT2D eigenvalue weighted by Gasteiger charge is 2.31. The topological polar surface area (TPSA) is 52.1 Å². The molecule has 0 saturated carbocycles. The average molecular weight is 271 g/mol. The molecule has 0 bridgehead atoms. The Morgan fingerprint density at radius 3 is 2.44 bits per heavy atom. The van der Waals surface area contributed by atoms with Gasteiger partial charge in [-0.05, 0) is 41.0 Å². The second kappa shape index (κ2) is 5.65.